The number of nitrogens with one attached hydrogen (secondary N) is 1. The van der Waals surface area contributed by atoms with E-state index in [2.05, 4.69) is 10.2 Å². The third-order valence-corrected chi connectivity index (χ3v) is 10.1. The van der Waals surface area contributed by atoms with Crippen LogP contribution in [0.2, 0.25) is 0 Å². The van der Waals surface area contributed by atoms with Crippen molar-refractivity contribution in [3.8, 4) is 0 Å². The maximum atomic E-state index is 13.9. The van der Waals surface area contributed by atoms with Crippen molar-refractivity contribution in [2.75, 3.05) is 20.1 Å². The standard InChI is InChI=1S/C35H37F7N2O/c1-22(25-18-27(34(37,38)39)20-28(19-25)35(40,41)42)31-21-30(12-15-33(31,32(45)43-2)26-6-4-3-5-7-26)44-16-13-24(14-17-44)23-8-10-29(36)11-9-23/h3-11,18-20,22,24,30-31H,12-17,21H2,1-2H3,(H,43,45)/t22?,30-,31-,33?/m1/s1. The molecule has 1 aliphatic heterocycles. The van der Waals surface area contributed by atoms with Crippen molar-refractivity contribution in [3.05, 3.63) is 106 Å². The van der Waals surface area contributed by atoms with Gasteiger partial charge in [0.05, 0.1) is 16.5 Å². The average molecular weight is 635 g/mol. The Kier molecular flexibility index (Phi) is 9.36. The summed E-state index contributed by atoms with van der Waals surface area (Å²) in [6, 6.07) is 17.3. The number of likely N-dealkylation sites (tertiary alicyclic amines) is 1. The predicted molar refractivity (Wildman–Crippen MR) is 158 cm³/mol. The highest BCUT2D eigenvalue weighted by atomic mass is 19.4. The van der Waals surface area contributed by atoms with Crippen LogP contribution in [0, 0.1) is 11.7 Å². The fraction of sp³-hybridized carbons (Fsp3) is 0.457. The number of piperidine rings is 1. The van der Waals surface area contributed by atoms with Crippen molar-refractivity contribution >= 4 is 5.91 Å². The molecule has 1 saturated heterocycles. The smallest absolute Gasteiger partial charge is 0.358 e. The summed E-state index contributed by atoms with van der Waals surface area (Å²) in [6.07, 6.45) is -6.83. The topological polar surface area (TPSA) is 32.3 Å². The minimum atomic E-state index is -4.98. The van der Waals surface area contributed by atoms with E-state index < -0.39 is 40.7 Å². The molecule has 5 rings (SSSR count). The van der Waals surface area contributed by atoms with Crippen LogP contribution in [-0.2, 0) is 22.6 Å². The zero-order chi connectivity index (χ0) is 32.6. The van der Waals surface area contributed by atoms with E-state index in [9.17, 15) is 35.5 Å². The Balaban J connectivity index is 1.52. The molecule has 2 unspecified atom stereocenters. The third kappa shape index (κ3) is 6.76. The highest BCUT2D eigenvalue weighted by Gasteiger charge is 2.53. The van der Waals surface area contributed by atoms with Crippen LogP contribution in [0.4, 0.5) is 30.7 Å². The fourth-order valence-corrected chi connectivity index (χ4v) is 7.69. The van der Waals surface area contributed by atoms with E-state index in [0.717, 1.165) is 43.6 Å². The molecular weight excluding hydrogens is 597 g/mol. The highest BCUT2D eigenvalue weighted by molar-refractivity contribution is 5.89. The molecule has 3 nitrogen and oxygen atoms in total. The molecule has 0 radical (unpaired) electrons. The van der Waals surface area contributed by atoms with Crippen LogP contribution < -0.4 is 5.32 Å². The van der Waals surface area contributed by atoms with Crippen LogP contribution in [0.3, 0.4) is 0 Å². The second-order valence-corrected chi connectivity index (χ2v) is 12.4. The molecule has 0 bridgehead atoms. The van der Waals surface area contributed by atoms with Gasteiger partial charge in [0, 0.05) is 13.1 Å². The van der Waals surface area contributed by atoms with Crippen molar-refractivity contribution in [3.63, 3.8) is 0 Å². The summed E-state index contributed by atoms with van der Waals surface area (Å²) >= 11 is 0. The van der Waals surface area contributed by atoms with Gasteiger partial charge in [-0.1, -0.05) is 49.4 Å². The summed E-state index contributed by atoms with van der Waals surface area (Å²) in [5.74, 6) is -1.74. The Morgan fingerprint density at radius 3 is 1.98 bits per heavy atom. The Morgan fingerprint density at radius 2 is 1.44 bits per heavy atom. The predicted octanol–water partition coefficient (Wildman–Crippen LogP) is 8.70. The van der Waals surface area contributed by atoms with Crippen molar-refractivity contribution in [2.24, 2.45) is 5.92 Å². The van der Waals surface area contributed by atoms with E-state index in [1.807, 2.05) is 12.1 Å². The van der Waals surface area contributed by atoms with E-state index in [-0.39, 0.29) is 35.3 Å². The quantitative estimate of drug-likeness (QED) is 0.275. The van der Waals surface area contributed by atoms with Gasteiger partial charge < -0.3 is 10.2 Å². The fourth-order valence-electron chi connectivity index (χ4n) is 7.69. The number of carbonyl (C=O) groups is 1. The van der Waals surface area contributed by atoms with Gasteiger partial charge >= 0.3 is 12.4 Å². The van der Waals surface area contributed by atoms with E-state index >= 15 is 0 Å². The number of hydrogen-bond donors (Lipinski definition) is 1. The molecule has 10 heteroatoms. The largest absolute Gasteiger partial charge is 0.416 e. The van der Waals surface area contributed by atoms with Gasteiger partial charge in [-0.3, -0.25) is 4.79 Å². The summed E-state index contributed by atoms with van der Waals surface area (Å²) in [7, 11) is 1.51. The van der Waals surface area contributed by atoms with Crippen molar-refractivity contribution in [2.45, 2.75) is 74.7 Å². The number of hydrogen-bond acceptors (Lipinski definition) is 2. The number of alkyl halides is 6. The molecule has 242 valence electrons. The Labute approximate surface area is 258 Å². The first kappa shape index (κ1) is 33.0. The number of likely N-dealkylation sites (N-methyl/N-ethyl adjacent to an activating group) is 1. The third-order valence-electron chi connectivity index (χ3n) is 10.1. The zero-order valence-corrected chi connectivity index (χ0v) is 25.2. The molecule has 1 saturated carbocycles. The summed E-state index contributed by atoms with van der Waals surface area (Å²) in [6.45, 7) is 3.13. The van der Waals surface area contributed by atoms with E-state index in [0.29, 0.717) is 24.8 Å². The number of rotatable bonds is 6. The molecule has 1 N–H and O–H groups in total. The molecule has 0 aromatic heterocycles. The first-order chi connectivity index (χ1) is 21.2. The number of amides is 1. The van der Waals surface area contributed by atoms with Gasteiger partial charge in [0.1, 0.15) is 5.82 Å². The zero-order valence-electron chi connectivity index (χ0n) is 25.2. The van der Waals surface area contributed by atoms with Crippen molar-refractivity contribution in [1.29, 1.82) is 0 Å². The molecule has 1 heterocycles. The maximum absolute atomic E-state index is 13.9. The summed E-state index contributed by atoms with van der Waals surface area (Å²) < 4.78 is 96.6. The average Bonchev–Trinajstić information content (AvgIpc) is 3.03. The number of benzene rings is 3. The van der Waals surface area contributed by atoms with E-state index in [1.165, 1.54) is 19.2 Å². The van der Waals surface area contributed by atoms with Gasteiger partial charge in [0.25, 0.3) is 0 Å². The molecule has 3 aromatic carbocycles. The molecule has 45 heavy (non-hydrogen) atoms. The molecule has 3 aromatic rings. The first-order valence-electron chi connectivity index (χ1n) is 15.3. The molecule has 1 aliphatic carbocycles. The molecule has 0 spiro atoms. The van der Waals surface area contributed by atoms with Crippen molar-refractivity contribution < 1.29 is 35.5 Å². The normalized spacial score (nSPS) is 24.3. The summed E-state index contributed by atoms with van der Waals surface area (Å²) in [4.78, 5) is 16.2. The van der Waals surface area contributed by atoms with Crippen LogP contribution in [0.5, 0.6) is 0 Å². The lowest BCUT2D eigenvalue weighted by molar-refractivity contribution is -0.143. The second kappa shape index (κ2) is 12.8. The lowest BCUT2D eigenvalue weighted by Crippen LogP contribution is -2.56. The minimum absolute atomic E-state index is 0.0130. The monoisotopic (exact) mass is 634 g/mol. The number of halogens is 7. The number of nitrogens with zero attached hydrogens (tertiary/aromatic N) is 1. The van der Waals surface area contributed by atoms with E-state index in [4.69, 9.17) is 0 Å². The Hall–Kier alpha value is -3.40. The lowest BCUT2D eigenvalue weighted by Gasteiger charge is -2.51. The van der Waals surface area contributed by atoms with E-state index in [1.54, 1.807) is 37.3 Å². The van der Waals surface area contributed by atoms with Gasteiger partial charge in [-0.25, -0.2) is 4.39 Å². The lowest BCUT2D eigenvalue weighted by atomic mass is 9.56. The van der Waals surface area contributed by atoms with Crippen LogP contribution in [0.15, 0.2) is 72.8 Å². The summed E-state index contributed by atoms with van der Waals surface area (Å²) in [5.41, 5.74) is -2.22. The molecule has 1 amide bonds. The van der Waals surface area contributed by atoms with Crippen molar-refractivity contribution in [1.82, 2.24) is 10.2 Å². The molecular formula is C35H37F7N2O. The molecule has 2 fully saturated rings. The number of carbonyl (C=O) groups excluding carboxylic acids is 1. The van der Waals surface area contributed by atoms with Gasteiger partial charge in [-0.05, 0) is 110 Å². The Morgan fingerprint density at radius 1 is 0.867 bits per heavy atom. The highest BCUT2D eigenvalue weighted by Crippen LogP contribution is 2.52. The molecule has 2 aliphatic rings. The Bertz CT molecular complexity index is 1430. The van der Waals surface area contributed by atoms with Gasteiger partial charge in [0.2, 0.25) is 5.91 Å². The SMILES string of the molecule is CNC(=O)C1(c2ccccc2)CC[C@@H](N2CCC(c3ccc(F)cc3)CC2)C[C@@H]1C(C)c1cc(C(F)(F)F)cc(C(F)(F)F)c1. The van der Waals surface area contributed by atoms with Crippen LogP contribution >= 0.6 is 0 Å². The van der Waals surface area contributed by atoms with Gasteiger partial charge in [-0.15, -0.1) is 0 Å². The van der Waals surface area contributed by atoms with Gasteiger partial charge in [-0.2, -0.15) is 26.3 Å². The van der Waals surface area contributed by atoms with Crippen LogP contribution in [0.25, 0.3) is 0 Å². The first-order valence-corrected chi connectivity index (χ1v) is 15.3. The maximum Gasteiger partial charge on any atom is 0.416 e. The van der Waals surface area contributed by atoms with Crippen LogP contribution in [-0.4, -0.2) is 37.0 Å². The second-order valence-electron chi connectivity index (χ2n) is 12.4. The molecule has 4 atom stereocenters. The van der Waals surface area contributed by atoms with Gasteiger partial charge in [0.15, 0.2) is 0 Å². The minimum Gasteiger partial charge on any atom is -0.358 e. The summed E-state index contributed by atoms with van der Waals surface area (Å²) in [5, 5.41) is 2.76. The van der Waals surface area contributed by atoms with Crippen LogP contribution in [0.1, 0.15) is 78.7 Å².